The average Bonchev–Trinajstić information content (AvgIpc) is 2.78. The third-order valence-electron chi connectivity index (χ3n) is 4.29. The highest BCUT2D eigenvalue weighted by molar-refractivity contribution is 6.31. The van der Waals surface area contributed by atoms with E-state index < -0.39 is 17.2 Å². The molecule has 4 heteroatoms. The molecule has 104 valence electrons. The summed E-state index contributed by atoms with van der Waals surface area (Å²) in [5.74, 6) is -0.685. The lowest BCUT2D eigenvalue weighted by molar-refractivity contribution is -0.148. The minimum atomic E-state index is -0.760. The Kier molecular flexibility index (Phi) is 4.14. The van der Waals surface area contributed by atoms with E-state index in [0.29, 0.717) is 30.2 Å². The molecule has 1 saturated carbocycles. The van der Waals surface area contributed by atoms with Crippen molar-refractivity contribution in [2.75, 3.05) is 0 Å². The van der Waals surface area contributed by atoms with E-state index in [0.717, 1.165) is 18.4 Å². The van der Waals surface area contributed by atoms with Gasteiger partial charge in [0.15, 0.2) is 0 Å². The van der Waals surface area contributed by atoms with Crippen LogP contribution in [0.15, 0.2) is 18.2 Å². The molecule has 1 aliphatic carbocycles. The summed E-state index contributed by atoms with van der Waals surface area (Å²) in [6, 6.07) is 4.18. The fourth-order valence-electron chi connectivity index (χ4n) is 3.05. The first-order valence-electron chi connectivity index (χ1n) is 6.64. The molecule has 2 rings (SSSR count). The number of carbonyl (C=O) groups is 1. The summed E-state index contributed by atoms with van der Waals surface area (Å²) in [4.78, 5) is 11.7. The monoisotopic (exact) mass is 284 g/mol. The first-order valence-corrected chi connectivity index (χ1v) is 7.02. The Bertz CT molecular complexity index is 489. The summed E-state index contributed by atoms with van der Waals surface area (Å²) in [5.41, 5.74) is -0.00970. The van der Waals surface area contributed by atoms with Crippen LogP contribution in [0, 0.1) is 17.2 Å². The lowest BCUT2D eigenvalue weighted by Crippen LogP contribution is -2.31. The third-order valence-corrected chi connectivity index (χ3v) is 4.64. The van der Waals surface area contributed by atoms with Crippen LogP contribution in [0.5, 0.6) is 0 Å². The Morgan fingerprint density at radius 1 is 1.58 bits per heavy atom. The average molecular weight is 285 g/mol. The minimum absolute atomic E-state index is 0.320. The molecule has 0 aliphatic heterocycles. The molecule has 0 amide bonds. The molecular weight excluding hydrogens is 267 g/mol. The molecule has 2 unspecified atom stereocenters. The number of hydrogen-bond acceptors (Lipinski definition) is 1. The molecule has 2 atom stereocenters. The number of carboxylic acids is 1. The molecule has 0 bridgehead atoms. The summed E-state index contributed by atoms with van der Waals surface area (Å²) < 4.78 is 13.0. The van der Waals surface area contributed by atoms with Crippen molar-refractivity contribution in [3.8, 4) is 0 Å². The van der Waals surface area contributed by atoms with Crippen LogP contribution in [0.1, 0.15) is 38.2 Å². The van der Waals surface area contributed by atoms with E-state index in [1.54, 1.807) is 6.07 Å². The third kappa shape index (κ3) is 2.92. The molecule has 0 spiro atoms. The first-order chi connectivity index (χ1) is 8.97. The minimum Gasteiger partial charge on any atom is -0.481 e. The fourth-order valence-corrected chi connectivity index (χ4v) is 3.28. The van der Waals surface area contributed by atoms with Crippen molar-refractivity contribution in [1.82, 2.24) is 0 Å². The molecule has 1 aromatic carbocycles. The Morgan fingerprint density at radius 2 is 2.32 bits per heavy atom. The Labute approximate surface area is 117 Å². The standard InChI is InChI=1S/C15H18ClFO2/c1-2-10-5-6-15(8-10,14(18)19)9-11-3-4-12(17)7-13(11)16/h3-4,7,10H,2,5-6,8-9H2,1H3,(H,18,19). The molecule has 19 heavy (non-hydrogen) atoms. The van der Waals surface area contributed by atoms with Crippen LogP contribution >= 0.6 is 11.6 Å². The van der Waals surface area contributed by atoms with Gasteiger partial charge in [0.1, 0.15) is 5.82 Å². The van der Waals surface area contributed by atoms with Crippen LogP contribution in [0.2, 0.25) is 5.02 Å². The van der Waals surface area contributed by atoms with Gasteiger partial charge in [0.05, 0.1) is 5.41 Å². The van der Waals surface area contributed by atoms with Gasteiger partial charge in [-0.2, -0.15) is 0 Å². The van der Waals surface area contributed by atoms with E-state index in [2.05, 4.69) is 6.92 Å². The first kappa shape index (κ1) is 14.3. The molecule has 0 radical (unpaired) electrons. The summed E-state index contributed by atoms with van der Waals surface area (Å²) in [5, 5.41) is 9.89. The Balaban J connectivity index is 2.25. The van der Waals surface area contributed by atoms with Crippen molar-refractivity contribution >= 4 is 17.6 Å². The zero-order valence-electron chi connectivity index (χ0n) is 11.0. The highest BCUT2D eigenvalue weighted by Crippen LogP contribution is 2.46. The van der Waals surface area contributed by atoms with Crippen molar-refractivity contribution in [2.45, 2.75) is 39.0 Å². The van der Waals surface area contributed by atoms with Gasteiger partial charge in [0.25, 0.3) is 0 Å². The molecule has 0 heterocycles. The summed E-state index contributed by atoms with van der Waals surface area (Å²) in [6.45, 7) is 2.09. The van der Waals surface area contributed by atoms with Gasteiger partial charge in [0, 0.05) is 5.02 Å². The van der Waals surface area contributed by atoms with Gasteiger partial charge in [-0.25, -0.2) is 4.39 Å². The lowest BCUT2D eigenvalue weighted by atomic mass is 9.79. The zero-order valence-corrected chi connectivity index (χ0v) is 11.7. The van der Waals surface area contributed by atoms with Gasteiger partial charge in [-0.3, -0.25) is 4.79 Å². The van der Waals surface area contributed by atoms with Crippen LogP contribution in [0.4, 0.5) is 4.39 Å². The van der Waals surface area contributed by atoms with Gasteiger partial charge < -0.3 is 5.11 Å². The fraction of sp³-hybridized carbons (Fsp3) is 0.533. The van der Waals surface area contributed by atoms with Crippen molar-refractivity contribution in [2.24, 2.45) is 11.3 Å². The maximum atomic E-state index is 13.0. The maximum absolute atomic E-state index is 13.0. The quantitative estimate of drug-likeness (QED) is 0.895. The number of aliphatic carboxylic acids is 1. The van der Waals surface area contributed by atoms with Crippen LogP contribution in [-0.4, -0.2) is 11.1 Å². The molecular formula is C15H18ClFO2. The number of rotatable bonds is 4. The van der Waals surface area contributed by atoms with E-state index in [4.69, 9.17) is 11.6 Å². The molecule has 0 aromatic heterocycles. The van der Waals surface area contributed by atoms with Crippen LogP contribution in [0.3, 0.4) is 0 Å². The predicted octanol–water partition coefficient (Wildman–Crippen LogP) is 4.30. The SMILES string of the molecule is CCC1CCC(Cc2ccc(F)cc2Cl)(C(=O)O)C1. The molecule has 1 fully saturated rings. The second-order valence-corrected chi connectivity index (χ2v) is 5.92. The number of benzene rings is 1. The van der Waals surface area contributed by atoms with E-state index in [-0.39, 0.29) is 0 Å². The second kappa shape index (κ2) is 5.49. The number of hydrogen-bond donors (Lipinski definition) is 1. The van der Waals surface area contributed by atoms with Gasteiger partial charge in [0.2, 0.25) is 0 Å². The largest absolute Gasteiger partial charge is 0.481 e. The van der Waals surface area contributed by atoms with Gasteiger partial charge >= 0.3 is 5.97 Å². The van der Waals surface area contributed by atoms with Crippen LogP contribution < -0.4 is 0 Å². The summed E-state index contributed by atoms with van der Waals surface area (Å²) in [6.07, 6.45) is 3.70. The van der Waals surface area contributed by atoms with Crippen molar-refractivity contribution in [3.63, 3.8) is 0 Å². The molecule has 0 saturated heterocycles. The predicted molar refractivity (Wildman–Crippen MR) is 72.8 cm³/mol. The van der Waals surface area contributed by atoms with Crippen molar-refractivity contribution in [3.05, 3.63) is 34.6 Å². The van der Waals surface area contributed by atoms with Crippen molar-refractivity contribution < 1.29 is 14.3 Å². The van der Waals surface area contributed by atoms with E-state index in [1.807, 2.05) is 0 Å². The molecule has 1 N–H and O–H groups in total. The summed E-state index contributed by atoms with van der Waals surface area (Å²) >= 11 is 6.01. The smallest absolute Gasteiger partial charge is 0.309 e. The van der Waals surface area contributed by atoms with Gasteiger partial charge in [-0.15, -0.1) is 0 Å². The number of carboxylic acid groups (broad SMARTS) is 1. The topological polar surface area (TPSA) is 37.3 Å². The normalized spacial score (nSPS) is 26.6. The lowest BCUT2D eigenvalue weighted by Gasteiger charge is -2.25. The van der Waals surface area contributed by atoms with Crippen LogP contribution in [0.25, 0.3) is 0 Å². The van der Waals surface area contributed by atoms with Gasteiger partial charge in [-0.05, 0) is 49.3 Å². The molecule has 1 aromatic rings. The van der Waals surface area contributed by atoms with E-state index >= 15 is 0 Å². The Morgan fingerprint density at radius 3 is 2.84 bits per heavy atom. The maximum Gasteiger partial charge on any atom is 0.309 e. The summed E-state index contributed by atoms with van der Waals surface area (Å²) in [7, 11) is 0. The Hall–Kier alpha value is -1.09. The second-order valence-electron chi connectivity index (χ2n) is 5.52. The highest BCUT2D eigenvalue weighted by Gasteiger charge is 2.45. The van der Waals surface area contributed by atoms with Gasteiger partial charge in [-0.1, -0.05) is 31.0 Å². The molecule has 2 nitrogen and oxygen atoms in total. The van der Waals surface area contributed by atoms with Crippen LogP contribution in [-0.2, 0) is 11.2 Å². The van der Waals surface area contributed by atoms with E-state index in [1.165, 1.54) is 12.1 Å². The highest BCUT2D eigenvalue weighted by atomic mass is 35.5. The van der Waals surface area contributed by atoms with Crippen molar-refractivity contribution in [1.29, 1.82) is 0 Å². The molecule has 1 aliphatic rings. The zero-order chi connectivity index (χ0) is 14.0. The number of halogens is 2. The van der Waals surface area contributed by atoms with E-state index in [9.17, 15) is 14.3 Å².